The Morgan fingerprint density at radius 2 is 0.718 bits per heavy atom. The first-order valence-electron chi connectivity index (χ1n) is 36.9. The summed E-state index contributed by atoms with van der Waals surface area (Å²) >= 11 is 0. The number of unbranched alkanes of at least 4 members (excludes halogenated alkanes) is 46. The monoisotopic (exact) mass is 1220 g/mol. The molecule has 0 aromatic rings. The molecule has 0 aliphatic heterocycles. The molecule has 0 aliphatic rings. The largest absolute Gasteiger partial charge is 0.756 e. The van der Waals surface area contributed by atoms with Crippen LogP contribution in [0.5, 0.6) is 0 Å². The van der Waals surface area contributed by atoms with Crippen molar-refractivity contribution >= 4 is 19.7 Å². The van der Waals surface area contributed by atoms with E-state index in [1.165, 1.54) is 263 Å². The van der Waals surface area contributed by atoms with Crippen molar-refractivity contribution in [1.82, 2.24) is 5.32 Å². The maximum absolute atomic E-state index is 13.6. The van der Waals surface area contributed by atoms with Crippen molar-refractivity contribution < 1.29 is 37.3 Å². The Kier molecular flexibility index (Phi) is 63.4. The molecule has 0 aromatic carbocycles. The van der Waals surface area contributed by atoms with Crippen molar-refractivity contribution in [2.24, 2.45) is 0 Å². The van der Waals surface area contributed by atoms with E-state index in [1.807, 2.05) is 33.3 Å². The summed E-state index contributed by atoms with van der Waals surface area (Å²) in [4.78, 5) is 40.2. The van der Waals surface area contributed by atoms with Gasteiger partial charge in [-0.25, -0.2) is 0 Å². The molecule has 0 fully saturated rings. The number of rotatable bonds is 68. The summed E-state index contributed by atoms with van der Waals surface area (Å²) in [6, 6.07) is -0.886. The van der Waals surface area contributed by atoms with Gasteiger partial charge in [0.25, 0.3) is 7.82 Å². The van der Waals surface area contributed by atoms with Gasteiger partial charge < -0.3 is 28.5 Å². The van der Waals surface area contributed by atoms with E-state index in [4.69, 9.17) is 13.8 Å². The summed E-state index contributed by atoms with van der Waals surface area (Å²) in [6.45, 7) is 6.88. The van der Waals surface area contributed by atoms with Crippen LogP contribution in [0.15, 0.2) is 48.6 Å². The SMILES string of the molecule is CCCCC/C=C\C/C=C\C/C=C\CCCCCCCCCCCCCCCCC(=O)OC(/C=C/CCCCCCCCCCCCC)C(COP(=O)([O-])OCC[N+](C)(C)C)NC(=O)CCCCCCCCCCCCCCCCCCCCC. The van der Waals surface area contributed by atoms with Gasteiger partial charge in [0, 0.05) is 12.8 Å². The first kappa shape index (κ1) is 83.0. The fourth-order valence-electron chi connectivity index (χ4n) is 11.1. The van der Waals surface area contributed by atoms with Gasteiger partial charge in [0.05, 0.1) is 33.8 Å². The molecular formula is C75H143N2O7P. The van der Waals surface area contributed by atoms with E-state index in [0.717, 1.165) is 70.6 Å². The molecule has 0 saturated heterocycles. The van der Waals surface area contributed by atoms with Crippen LogP contribution >= 0.6 is 7.82 Å². The topological polar surface area (TPSA) is 114 Å². The highest BCUT2D eigenvalue weighted by molar-refractivity contribution is 7.45. The third-order valence-electron chi connectivity index (χ3n) is 16.8. The molecule has 10 heteroatoms. The number of ether oxygens (including phenoxy) is 1. The van der Waals surface area contributed by atoms with Crippen LogP contribution in [0, 0.1) is 0 Å². The van der Waals surface area contributed by atoms with Gasteiger partial charge in [-0.3, -0.25) is 14.2 Å². The Morgan fingerprint density at radius 1 is 0.412 bits per heavy atom. The lowest BCUT2D eigenvalue weighted by molar-refractivity contribution is -0.870. The van der Waals surface area contributed by atoms with Gasteiger partial charge in [-0.1, -0.05) is 333 Å². The van der Waals surface area contributed by atoms with Crippen LogP contribution in [0.2, 0.25) is 0 Å². The van der Waals surface area contributed by atoms with E-state index >= 15 is 0 Å². The van der Waals surface area contributed by atoms with Gasteiger partial charge in [0.1, 0.15) is 19.3 Å². The highest BCUT2D eigenvalue weighted by Gasteiger charge is 2.27. The lowest BCUT2D eigenvalue weighted by Crippen LogP contribution is -2.47. The molecule has 0 bridgehead atoms. The smallest absolute Gasteiger partial charge is 0.306 e. The number of likely N-dealkylation sites (N-methyl/N-ethyl adjacent to an activating group) is 1. The number of allylic oxidation sites excluding steroid dienone is 7. The molecule has 1 N–H and O–H groups in total. The molecule has 0 saturated carbocycles. The van der Waals surface area contributed by atoms with Crippen molar-refractivity contribution in [3.63, 3.8) is 0 Å². The highest BCUT2D eigenvalue weighted by atomic mass is 31.2. The molecule has 0 heterocycles. The molecule has 9 nitrogen and oxygen atoms in total. The second kappa shape index (κ2) is 64.9. The number of hydrogen-bond donors (Lipinski definition) is 1. The minimum atomic E-state index is -4.70. The second-order valence-electron chi connectivity index (χ2n) is 26.5. The summed E-state index contributed by atoms with van der Waals surface area (Å²) in [6.07, 6.45) is 82.3. The summed E-state index contributed by atoms with van der Waals surface area (Å²) < 4.78 is 30.5. The number of amides is 1. The van der Waals surface area contributed by atoms with E-state index in [2.05, 4.69) is 62.5 Å². The van der Waals surface area contributed by atoms with Crippen LogP contribution in [0.4, 0.5) is 0 Å². The number of nitrogens with one attached hydrogen (secondary N) is 1. The third kappa shape index (κ3) is 66.2. The minimum absolute atomic E-state index is 0.0198. The molecule has 0 radical (unpaired) electrons. The number of hydrogen-bond acceptors (Lipinski definition) is 7. The van der Waals surface area contributed by atoms with Gasteiger partial charge in [0.2, 0.25) is 5.91 Å². The average Bonchev–Trinajstić information content (AvgIpc) is 3.50. The maximum Gasteiger partial charge on any atom is 0.306 e. The number of quaternary nitrogens is 1. The fraction of sp³-hybridized carbons (Fsp3) is 0.867. The van der Waals surface area contributed by atoms with Crippen LogP contribution in [0.1, 0.15) is 367 Å². The van der Waals surface area contributed by atoms with Gasteiger partial charge in [-0.15, -0.1) is 0 Å². The number of carbonyl (C=O) groups excluding carboxylic acids is 2. The van der Waals surface area contributed by atoms with Crippen LogP contribution in [-0.2, 0) is 27.9 Å². The van der Waals surface area contributed by atoms with Gasteiger partial charge in [-0.05, 0) is 70.3 Å². The van der Waals surface area contributed by atoms with Crippen molar-refractivity contribution in [3.05, 3.63) is 48.6 Å². The molecular weight excluding hydrogens is 1070 g/mol. The minimum Gasteiger partial charge on any atom is -0.756 e. The van der Waals surface area contributed by atoms with Gasteiger partial charge in [0.15, 0.2) is 0 Å². The lowest BCUT2D eigenvalue weighted by atomic mass is 10.0. The standard InChI is InChI=1S/C75H143N2O7P/c1-7-10-13-16-19-22-25-28-30-32-34-35-36-37-38-39-40-41-43-45-47-50-53-56-59-62-65-68-75(79)84-73(66-63-60-57-54-51-48-27-24-21-18-15-12-9-3)72(71-83-85(80,81)82-70-69-77(4,5)6)76-74(78)67-64-61-58-55-52-49-46-44-42-33-31-29-26-23-20-17-14-11-8-2/h19,22,28,30,34-35,63,66,72-73H,7-18,20-21,23-27,29,31-33,36-62,64-65,67-71H2,1-6H3,(H-,76,78,80,81)/b22-19-,30-28-,35-34-,66-63+. The number of carbonyl (C=O) groups is 2. The summed E-state index contributed by atoms with van der Waals surface area (Å²) in [5.41, 5.74) is 0. The van der Waals surface area contributed by atoms with E-state index in [-0.39, 0.29) is 31.5 Å². The zero-order valence-electron chi connectivity index (χ0n) is 57.3. The first-order chi connectivity index (χ1) is 41.4. The van der Waals surface area contributed by atoms with E-state index in [0.29, 0.717) is 17.4 Å². The first-order valence-corrected chi connectivity index (χ1v) is 38.4. The predicted octanol–water partition coefficient (Wildman–Crippen LogP) is 22.9. The maximum atomic E-state index is 13.6. The number of phosphoric acid groups is 1. The molecule has 85 heavy (non-hydrogen) atoms. The zero-order valence-corrected chi connectivity index (χ0v) is 58.2. The second-order valence-corrected chi connectivity index (χ2v) is 27.9. The van der Waals surface area contributed by atoms with Crippen molar-refractivity contribution in [3.8, 4) is 0 Å². The number of esters is 1. The van der Waals surface area contributed by atoms with E-state index in [1.54, 1.807) is 0 Å². The Balaban J connectivity index is 5.01. The number of nitrogens with zero attached hydrogens (tertiary/aromatic N) is 1. The number of phosphoric ester groups is 1. The zero-order chi connectivity index (χ0) is 62.1. The van der Waals surface area contributed by atoms with Crippen LogP contribution in [-0.4, -0.2) is 69.4 Å². The van der Waals surface area contributed by atoms with Crippen LogP contribution < -0.4 is 10.2 Å². The summed E-state index contributed by atoms with van der Waals surface area (Å²) in [7, 11) is 1.20. The van der Waals surface area contributed by atoms with Crippen molar-refractivity contribution in [2.45, 2.75) is 380 Å². The molecule has 500 valence electrons. The average molecular weight is 1220 g/mol. The lowest BCUT2D eigenvalue weighted by Gasteiger charge is -2.30. The normalized spacial score (nSPS) is 13.7. The van der Waals surface area contributed by atoms with E-state index < -0.39 is 20.0 Å². The van der Waals surface area contributed by atoms with Crippen LogP contribution in [0.25, 0.3) is 0 Å². The van der Waals surface area contributed by atoms with Crippen LogP contribution in [0.3, 0.4) is 0 Å². The molecule has 0 spiro atoms. The Labute approximate surface area is 529 Å². The molecule has 3 unspecified atom stereocenters. The molecule has 3 atom stereocenters. The predicted molar refractivity (Wildman–Crippen MR) is 367 cm³/mol. The van der Waals surface area contributed by atoms with Gasteiger partial charge >= 0.3 is 5.97 Å². The summed E-state index contributed by atoms with van der Waals surface area (Å²) in [5.74, 6) is -0.521. The van der Waals surface area contributed by atoms with E-state index in [9.17, 15) is 19.0 Å². The van der Waals surface area contributed by atoms with Gasteiger partial charge in [-0.2, -0.15) is 0 Å². The third-order valence-corrected chi connectivity index (χ3v) is 17.7. The molecule has 0 aliphatic carbocycles. The molecule has 1 amide bonds. The Hall–Kier alpha value is -2.03. The quantitative estimate of drug-likeness (QED) is 0.0212. The molecule has 0 aromatic heterocycles. The highest BCUT2D eigenvalue weighted by Crippen LogP contribution is 2.38. The summed E-state index contributed by atoms with van der Waals surface area (Å²) in [5, 5.41) is 3.05. The molecule has 0 rings (SSSR count). The Bertz CT molecular complexity index is 1590. The fourth-order valence-corrected chi connectivity index (χ4v) is 11.8. The Morgan fingerprint density at radius 3 is 1.09 bits per heavy atom. The van der Waals surface area contributed by atoms with Crippen molar-refractivity contribution in [1.29, 1.82) is 0 Å². The van der Waals surface area contributed by atoms with Crippen molar-refractivity contribution in [2.75, 3.05) is 40.9 Å².